The monoisotopic (exact) mass is 304 g/mol. The van der Waals surface area contributed by atoms with Crippen molar-refractivity contribution in [2.45, 2.75) is 13.0 Å². The summed E-state index contributed by atoms with van der Waals surface area (Å²) in [6.07, 6.45) is 0. The smallest absolute Gasteiger partial charge is 0.254 e. The van der Waals surface area contributed by atoms with Gasteiger partial charge in [0, 0.05) is 36.7 Å². The molecule has 2 fully saturated rings. The number of methoxy groups -OCH3 is 1. The molecule has 0 spiro atoms. The molecule has 22 heavy (non-hydrogen) atoms. The quantitative estimate of drug-likeness (QED) is 0.828. The summed E-state index contributed by atoms with van der Waals surface area (Å²) in [5.41, 5.74) is 1.64. The Bertz CT molecular complexity index is 561. The highest BCUT2D eigenvalue weighted by Gasteiger charge is 2.35. The molecule has 2 saturated heterocycles. The van der Waals surface area contributed by atoms with E-state index in [0.29, 0.717) is 12.5 Å². The van der Waals surface area contributed by atoms with Gasteiger partial charge in [0.05, 0.1) is 26.4 Å². The third-order valence-corrected chi connectivity index (χ3v) is 4.65. The van der Waals surface area contributed by atoms with Gasteiger partial charge < -0.3 is 19.3 Å². The van der Waals surface area contributed by atoms with Crippen LogP contribution in [0.15, 0.2) is 18.2 Å². The predicted octanol–water partition coefficient (Wildman–Crippen LogP) is 1.41. The molecule has 1 aromatic rings. The standard InChI is InChI=1S/C17H24N2O3/c1-12-15(5-4-6-16(12)21-3)17(20)19-8-13-7-18(2)9-14(19)11-22-10-13/h4-6,13-14H,7-11H2,1-3H3/t13-,14-/m0/s1. The topological polar surface area (TPSA) is 42.0 Å². The molecule has 1 amide bonds. The zero-order valence-corrected chi connectivity index (χ0v) is 13.5. The lowest BCUT2D eigenvalue weighted by Crippen LogP contribution is -2.46. The van der Waals surface area contributed by atoms with E-state index < -0.39 is 0 Å². The predicted molar refractivity (Wildman–Crippen MR) is 84.4 cm³/mol. The fraction of sp³-hybridized carbons (Fsp3) is 0.588. The van der Waals surface area contributed by atoms with E-state index in [9.17, 15) is 4.79 Å². The van der Waals surface area contributed by atoms with Crippen molar-refractivity contribution in [2.75, 3.05) is 47.0 Å². The molecular formula is C17H24N2O3. The molecule has 5 heteroatoms. The highest BCUT2D eigenvalue weighted by Crippen LogP contribution is 2.25. The van der Waals surface area contributed by atoms with Crippen LogP contribution in [0.2, 0.25) is 0 Å². The maximum absolute atomic E-state index is 13.1. The van der Waals surface area contributed by atoms with Gasteiger partial charge in [-0.1, -0.05) is 6.07 Å². The van der Waals surface area contributed by atoms with Gasteiger partial charge in [0.25, 0.3) is 5.91 Å². The third-order valence-electron chi connectivity index (χ3n) is 4.65. The average Bonchev–Trinajstić information content (AvgIpc) is 2.77. The average molecular weight is 304 g/mol. The molecule has 5 nitrogen and oxygen atoms in total. The maximum atomic E-state index is 13.1. The molecule has 2 bridgehead atoms. The van der Waals surface area contributed by atoms with Crippen LogP contribution in [-0.4, -0.2) is 68.8 Å². The molecule has 120 valence electrons. The Morgan fingerprint density at radius 1 is 1.27 bits per heavy atom. The van der Waals surface area contributed by atoms with Crippen molar-refractivity contribution in [3.8, 4) is 5.75 Å². The second-order valence-corrected chi connectivity index (χ2v) is 6.37. The molecule has 0 aromatic heterocycles. The molecule has 0 aliphatic carbocycles. The van der Waals surface area contributed by atoms with Gasteiger partial charge in [-0.25, -0.2) is 0 Å². The van der Waals surface area contributed by atoms with Gasteiger partial charge in [0.1, 0.15) is 5.75 Å². The summed E-state index contributed by atoms with van der Waals surface area (Å²) in [5.74, 6) is 1.23. The van der Waals surface area contributed by atoms with Gasteiger partial charge in [-0.3, -0.25) is 4.79 Å². The van der Waals surface area contributed by atoms with Gasteiger partial charge in [-0.05, 0) is 26.1 Å². The van der Waals surface area contributed by atoms with Crippen LogP contribution in [0.5, 0.6) is 5.75 Å². The Morgan fingerprint density at radius 2 is 2.09 bits per heavy atom. The summed E-state index contributed by atoms with van der Waals surface area (Å²) >= 11 is 0. The first-order chi connectivity index (χ1) is 10.6. The first-order valence-electron chi connectivity index (χ1n) is 7.81. The summed E-state index contributed by atoms with van der Waals surface area (Å²) in [7, 11) is 3.76. The SMILES string of the molecule is COc1cccc(C(=O)N2C[C@H]3COC[C@@H]2CN(C)C3)c1C. The highest BCUT2D eigenvalue weighted by molar-refractivity contribution is 5.96. The maximum Gasteiger partial charge on any atom is 0.254 e. The Kier molecular flexibility index (Phi) is 4.36. The molecule has 3 rings (SSSR count). The molecule has 2 aliphatic rings. The van der Waals surface area contributed by atoms with E-state index in [4.69, 9.17) is 9.47 Å². The van der Waals surface area contributed by atoms with E-state index >= 15 is 0 Å². The lowest BCUT2D eigenvalue weighted by molar-refractivity contribution is 0.0483. The molecule has 2 heterocycles. The summed E-state index contributed by atoms with van der Waals surface area (Å²) in [6.45, 7) is 5.92. The number of carbonyl (C=O) groups is 1. The second kappa shape index (κ2) is 6.26. The first kappa shape index (κ1) is 15.3. The van der Waals surface area contributed by atoms with Crippen LogP contribution >= 0.6 is 0 Å². The zero-order valence-electron chi connectivity index (χ0n) is 13.5. The minimum atomic E-state index is 0.0900. The number of rotatable bonds is 2. The number of carbonyl (C=O) groups excluding carboxylic acids is 1. The van der Waals surface area contributed by atoms with Gasteiger partial charge in [0.15, 0.2) is 0 Å². The highest BCUT2D eigenvalue weighted by atomic mass is 16.5. The largest absolute Gasteiger partial charge is 0.496 e. The number of amides is 1. The molecule has 2 aliphatic heterocycles. The number of likely N-dealkylation sites (N-methyl/N-ethyl adjacent to an activating group) is 1. The van der Waals surface area contributed by atoms with Gasteiger partial charge in [-0.15, -0.1) is 0 Å². The van der Waals surface area contributed by atoms with Crippen molar-refractivity contribution in [1.29, 1.82) is 0 Å². The number of nitrogens with zero attached hydrogens (tertiary/aromatic N) is 2. The van der Waals surface area contributed by atoms with E-state index in [0.717, 1.165) is 43.1 Å². The molecule has 0 radical (unpaired) electrons. The van der Waals surface area contributed by atoms with Gasteiger partial charge >= 0.3 is 0 Å². The van der Waals surface area contributed by atoms with Crippen molar-refractivity contribution in [3.05, 3.63) is 29.3 Å². The molecule has 0 unspecified atom stereocenters. The minimum Gasteiger partial charge on any atom is -0.496 e. The summed E-state index contributed by atoms with van der Waals surface area (Å²) in [4.78, 5) is 17.4. The number of benzene rings is 1. The Morgan fingerprint density at radius 3 is 2.86 bits per heavy atom. The van der Waals surface area contributed by atoms with Gasteiger partial charge in [0.2, 0.25) is 0 Å². The first-order valence-corrected chi connectivity index (χ1v) is 7.81. The second-order valence-electron chi connectivity index (χ2n) is 6.37. The molecule has 2 atom stereocenters. The molecule has 0 N–H and O–H groups in total. The lowest BCUT2D eigenvalue weighted by atomic mass is 10.0. The molecule has 1 aromatic carbocycles. The summed E-state index contributed by atoms with van der Waals surface area (Å²) in [6, 6.07) is 5.78. The normalized spacial score (nSPS) is 25.7. The molecule has 0 saturated carbocycles. The fourth-order valence-corrected chi connectivity index (χ4v) is 3.55. The number of ether oxygens (including phenoxy) is 2. The summed E-state index contributed by atoms with van der Waals surface area (Å²) < 4.78 is 11.1. The van der Waals surface area contributed by atoms with Crippen molar-refractivity contribution in [1.82, 2.24) is 9.80 Å². The van der Waals surface area contributed by atoms with E-state index in [-0.39, 0.29) is 11.9 Å². The van der Waals surface area contributed by atoms with Crippen LogP contribution in [0.1, 0.15) is 15.9 Å². The van der Waals surface area contributed by atoms with Crippen LogP contribution in [0, 0.1) is 12.8 Å². The minimum absolute atomic E-state index is 0.0900. The van der Waals surface area contributed by atoms with Crippen molar-refractivity contribution < 1.29 is 14.3 Å². The number of hydrogen-bond donors (Lipinski definition) is 0. The lowest BCUT2D eigenvalue weighted by Gasteiger charge is -2.30. The Hall–Kier alpha value is -1.59. The van der Waals surface area contributed by atoms with Crippen molar-refractivity contribution in [3.63, 3.8) is 0 Å². The van der Waals surface area contributed by atoms with Crippen LogP contribution < -0.4 is 4.74 Å². The van der Waals surface area contributed by atoms with Crippen molar-refractivity contribution >= 4 is 5.91 Å². The fourth-order valence-electron chi connectivity index (χ4n) is 3.55. The van der Waals surface area contributed by atoms with Crippen LogP contribution in [-0.2, 0) is 4.74 Å². The van der Waals surface area contributed by atoms with E-state index in [1.807, 2.05) is 30.0 Å². The molecular weight excluding hydrogens is 280 g/mol. The third kappa shape index (κ3) is 2.83. The number of hydrogen-bond acceptors (Lipinski definition) is 4. The Labute approximate surface area is 131 Å². The van der Waals surface area contributed by atoms with E-state index in [1.54, 1.807) is 7.11 Å². The Balaban J connectivity index is 1.91. The van der Waals surface area contributed by atoms with Crippen LogP contribution in [0.3, 0.4) is 0 Å². The van der Waals surface area contributed by atoms with Crippen LogP contribution in [0.25, 0.3) is 0 Å². The van der Waals surface area contributed by atoms with E-state index in [1.165, 1.54) is 0 Å². The van der Waals surface area contributed by atoms with E-state index in [2.05, 4.69) is 11.9 Å². The van der Waals surface area contributed by atoms with Gasteiger partial charge in [-0.2, -0.15) is 0 Å². The van der Waals surface area contributed by atoms with Crippen LogP contribution in [0.4, 0.5) is 0 Å². The zero-order chi connectivity index (χ0) is 15.7. The summed E-state index contributed by atoms with van der Waals surface area (Å²) in [5, 5.41) is 0. The van der Waals surface area contributed by atoms with Crippen molar-refractivity contribution in [2.24, 2.45) is 5.92 Å². The number of fused-ring (bicyclic) bond motifs is 3.